The Morgan fingerprint density at radius 3 is 2.52 bits per heavy atom. The highest BCUT2D eigenvalue weighted by atomic mass is 16.3. The number of aliphatic hydroxyl groups excluding tert-OH is 1. The summed E-state index contributed by atoms with van der Waals surface area (Å²) in [4.78, 5) is 16.8. The second-order valence-corrected chi connectivity index (χ2v) is 7.47. The lowest BCUT2D eigenvalue weighted by molar-refractivity contribution is -0.162. The van der Waals surface area contributed by atoms with Crippen molar-refractivity contribution in [1.29, 1.82) is 0 Å². The molecule has 2 saturated heterocycles. The van der Waals surface area contributed by atoms with Gasteiger partial charge in [-0.25, -0.2) is 0 Å². The summed E-state index contributed by atoms with van der Waals surface area (Å²) < 4.78 is 0. The van der Waals surface area contributed by atoms with Gasteiger partial charge in [-0.2, -0.15) is 0 Å². The molecule has 1 N–H and O–H groups in total. The number of amides is 1. The van der Waals surface area contributed by atoms with Crippen molar-refractivity contribution in [1.82, 2.24) is 9.80 Å². The number of rotatable bonds is 5. The second kappa shape index (κ2) is 7.67. The van der Waals surface area contributed by atoms with Gasteiger partial charge >= 0.3 is 0 Å². The SMILES string of the molecule is C/C=C/c1ccc([C@@H]2[C@@H](CO)N3C(=O)CN(Cc4ccccc4)C[C@H]23)cc1. The molecule has 2 aliphatic heterocycles. The van der Waals surface area contributed by atoms with Gasteiger partial charge in [0.05, 0.1) is 25.2 Å². The second-order valence-electron chi connectivity index (χ2n) is 7.47. The molecule has 0 spiro atoms. The Morgan fingerprint density at radius 2 is 1.85 bits per heavy atom. The Kier molecular flexibility index (Phi) is 5.10. The fourth-order valence-corrected chi connectivity index (χ4v) is 4.55. The summed E-state index contributed by atoms with van der Waals surface area (Å²) in [7, 11) is 0. The number of nitrogens with zero attached hydrogens (tertiary/aromatic N) is 2. The van der Waals surface area contributed by atoms with Gasteiger partial charge in [0.1, 0.15) is 0 Å². The van der Waals surface area contributed by atoms with Crippen LogP contribution in [0.25, 0.3) is 6.08 Å². The quantitative estimate of drug-likeness (QED) is 0.889. The summed E-state index contributed by atoms with van der Waals surface area (Å²) in [6.45, 7) is 4.08. The van der Waals surface area contributed by atoms with Gasteiger partial charge < -0.3 is 10.0 Å². The van der Waals surface area contributed by atoms with Gasteiger partial charge in [-0.3, -0.25) is 9.69 Å². The number of benzene rings is 2. The van der Waals surface area contributed by atoms with Gasteiger partial charge in [-0.05, 0) is 23.6 Å². The Hall–Kier alpha value is -2.43. The number of carbonyl (C=O) groups is 1. The van der Waals surface area contributed by atoms with Crippen LogP contribution in [0.5, 0.6) is 0 Å². The first-order valence-electron chi connectivity index (χ1n) is 9.62. The molecule has 0 unspecified atom stereocenters. The predicted molar refractivity (Wildman–Crippen MR) is 107 cm³/mol. The molecular weight excluding hydrogens is 336 g/mol. The molecule has 0 aromatic heterocycles. The zero-order valence-electron chi connectivity index (χ0n) is 15.7. The van der Waals surface area contributed by atoms with E-state index in [2.05, 4.69) is 47.4 Å². The fourth-order valence-electron chi connectivity index (χ4n) is 4.55. The Labute approximate surface area is 160 Å². The number of piperazine rings is 1. The van der Waals surface area contributed by atoms with Crippen LogP contribution in [0.3, 0.4) is 0 Å². The molecule has 27 heavy (non-hydrogen) atoms. The van der Waals surface area contributed by atoms with Crippen molar-refractivity contribution in [3.05, 3.63) is 77.4 Å². The summed E-state index contributed by atoms with van der Waals surface area (Å²) in [5.41, 5.74) is 3.60. The van der Waals surface area contributed by atoms with Gasteiger partial charge in [-0.1, -0.05) is 66.7 Å². The normalized spacial score (nSPS) is 25.5. The molecule has 2 heterocycles. The van der Waals surface area contributed by atoms with E-state index in [-0.39, 0.29) is 30.5 Å². The summed E-state index contributed by atoms with van der Waals surface area (Å²) in [5.74, 6) is 0.320. The molecule has 2 aromatic carbocycles. The Bertz CT molecular complexity index is 816. The van der Waals surface area contributed by atoms with Crippen molar-refractivity contribution in [2.24, 2.45) is 0 Å². The Balaban J connectivity index is 1.53. The van der Waals surface area contributed by atoms with Crippen LogP contribution in [0.15, 0.2) is 60.7 Å². The predicted octanol–water partition coefficient (Wildman–Crippen LogP) is 2.89. The first-order valence-corrected chi connectivity index (χ1v) is 9.62. The number of hydrogen-bond donors (Lipinski definition) is 1. The summed E-state index contributed by atoms with van der Waals surface area (Å²) in [6, 6.07) is 18.8. The van der Waals surface area contributed by atoms with Gasteiger partial charge in [0.2, 0.25) is 5.91 Å². The molecule has 0 radical (unpaired) electrons. The first-order chi connectivity index (χ1) is 13.2. The molecule has 3 atom stereocenters. The van der Waals surface area contributed by atoms with E-state index in [0.717, 1.165) is 13.1 Å². The van der Waals surface area contributed by atoms with Crippen molar-refractivity contribution in [2.75, 3.05) is 19.7 Å². The van der Waals surface area contributed by atoms with E-state index in [1.54, 1.807) is 0 Å². The molecule has 0 aliphatic carbocycles. The third-order valence-electron chi connectivity index (χ3n) is 5.75. The highest BCUT2D eigenvalue weighted by molar-refractivity contribution is 5.81. The van der Waals surface area contributed by atoms with E-state index < -0.39 is 0 Å². The molecule has 2 aromatic rings. The number of fused-ring (bicyclic) bond motifs is 1. The lowest BCUT2D eigenvalue weighted by atomic mass is 9.73. The zero-order chi connectivity index (χ0) is 18.8. The average Bonchev–Trinajstić information content (AvgIpc) is 2.66. The first kappa shape index (κ1) is 18.0. The van der Waals surface area contributed by atoms with E-state index in [1.807, 2.05) is 36.1 Å². The highest BCUT2D eigenvalue weighted by Crippen LogP contribution is 2.43. The van der Waals surface area contributed by atoms with Crippen molar-refractivity contribution < 1.29 is 9.90 Å². The van der Waals surface area contributed by atoms with Crippen LogP contribution >= 0.6 is 0 Å². The maximum Gasteiger partial charge on any atom is 0.237 e. The number of carbonyl (C=O) groups excluding carboxylic acids is 1. The largest absolute Gasteiger partial charge is 0.394 e. The molecule has 0 bridgehead atoms. The topological polar surface area (TPSA) is 43.8 Å². The van der Waals surface area contributed by atoms with E-state index in [1.165, 1.54) is 16.7 Å². The van der Waals surface area contributed by atoms with Crippen LogP contribution in [-0.4, -0.2) is 52.6 Å². The van der Waals surface area contributed by atoms with Crippen LogP contribution in [0.1, 0.15) is 29.5 Å². The average molecular weight is 362 g/mol. The summed E-state index contributed by atoms with van der Waals surface area (Å²) >= 11 is 0. The maximum absolute atomic E-state index is 12.7. The van der Waals surface area contributed by atoms with Crippen molar-refractivity contribution >= 4 is 12.0 Å². The Morgan fingerprint density at radius 1 is 1.11 bits per heavy atom. The van der Waals surface area contributed by atoms with Crippen LogP contribution in [0.2, 0.25) is 0 Å². The van der Waals surface area contributed by atoms with E-state index in [9.17, 15) is 9.90 Å². The molecule has 2 aliphatic rings. The van der Waals surface area contributed by atoms with Crippen molar-refractivity contribution in [3.8, 4) is 0 Å². The molecule has 4 rings (SSSR count). The van der Waals surface area contributed by atoms with Crippen LogP contribution < -0.4 is 0 Å². The monoisotopic (exact) mass is 362 g/mol. The lowest BCUT2D eigenvalue weighted by Gasteiger charge is -2.59. The van der Waals surface area contributed by atoms with Crippen LogP contribution in [0.4, 0.5) is 0 Å². The molecular formula is C23H26N2O2. The van der Waals surface area contributed by atoms with Gasteiger partial charge in [0, 0.05) is 19.0 Å². The molecule has 0 saturated carbocycles. The van der Waals surface area contributed by atoms with Gasteiger partial charge in [0.25, 0.3) is 0 Å². The highest BCUT2D eigenvalue weighted by Gasteiger charge is 2.53. The number of allylic oxidation sites excluding steroid dienone is 1. The molecule has 4 heteroatoms. The number of hydrogen-bond acceptors (Lipinski definition) is 3. The smallest absolute Gasteiger partial charge is 0.237 e. The van der Waals surface area contributed by atoms with Gasteiger partial charge in [0.15, 0.2) is 0 Å². The minimum Gasteiger partial charge on any atom is -0.394 e. The molecule has 140 valence electrons. The fraction of sp³-hybridized carbons (Fsp3) is 0.348. The zero-order valence-corrected chi connectivity index (χ0v) is 15.7. The van der Waals surface area contributed by atoms with Crippen LogP contribution in [0, 0.1) is 0 Å². The number of aliphatic hydroxyl groups is 1. The minimum atomic E-state index is -0.103. The molecule has 4 nitrogen and oxygen atoms in total. The summed E-state index contributed by atoms with van der Waals surface area (Å²) in [5, 5.41) is 9.90. The lowest BCUT2D eigenvalue weighted by Crippen LogP contribution is -2.72. The standard InChI is InChI=1S/C23H26N2O2/c1-2-6-17-9-11-19(12-10-17)23-20-14-24(13-18-7-4-3-5-8-18)15-22(27)25(20)21(23)16-26/h2-12,20-21,23,26H,13-16H2,1H3/b6-2+/t20-,21-,23+/m1/s1. The van der Waals surface area contributed by atoms with Crippen molar-refractivity contribution in [2.45, 2.75) is 31.5 Å². The van der Waals surface area contributed by atoms with E-state index in [4.69, 9.17) is 0 Å². The third-order valence-corrected chi connectivity index (χ3v) is 5.75. The minimum absolute atomic E-state index is 0.0161. The van der Waals surface area contributed by atoms with Crippen LogP contribution in [-0.2, 0) is 11.3 Å². The molecule has 2 fully saturated rings. The third kappa shape index (κ3) is 3.43. The van der Waals surface area contributed by atoms with E-state index in [0.29, 0.717) is 6.54 Å². The summed E-state index contributed by atoms with van der Waals surface area (Å²) in [6.07, 6.45) is 4.10. The molecule has 1 amide bonds. The van der Waals surface area contributed by atoms with E-state index >= 15 is 0 Å². The van der Waals surface area contributed by atoms with Gasteiger partial charge in [-0.15, -0.1) is 0 Å². The van der Waals surface area contributed by atoms with Crippen molar-refractivity contribution in [3.63, 3.8) is 0 Å². The maximum atomic E-state index is 12.7.